The molecule has 94 valence electrons. The number of aromatic nitrogens is 3. The fourth-order valence-corrected chi connectivity index (χ4v) is 1.56. The van der Waals surface area contributed by atoms with E-state index in [2.05, 4.69) is 20.5 Å². The molecule has 2 rings (SSSR count). The average molecular weight is 246 g/mol. The standard InChI is InChI=1S/C12H14N4O2/c17-11(2-1-9-3-5-13-6-4-9)14-8-10-7-12(18)16-15-10/h3-7H,1-2,8H2,(H,14,17)(H2,15,16,18). The van der Waals surface area contributed by atoms with Gasteiger partial charge in [0.2, 0.25) is 5.91 Å². The second kappa shape index (κ2) is 5.81. The minimum atomic E-state index is -0.198. The van der Waals surface area contributed by atoms with E-state index in [9.17, 15) is 9.59 Å². The van der Waals surface area contributed by atoms with E-state index in [1.165, 1.54) is 6.07 Å². The first-order valence-electron chi connectivity index (χ1n) is 5.66. The Morgan fingerprint density at radius 2 is 2.06 bits per heavy atom. The Labute approximate surface area is 103 Å². The Bertz CT molecular complexity index is 559. The molecule has 0 aliphatic rings. The number of aryl methyl sites for hydroxylation is 1. The van der Waals surface area contributed by atoms with Crippen molar-refractivity contribution in [2.24, 2.45) is 0 Å². The van der Waals surface area contributed by atoms with Crippen molar-refractivity contribution in [3.8, 4) is 0 Å². The van der Waals surface area contributed by atoms with Crippen LogP contribution in [0.15, 0.2) is 35.4 Å². The van der Waals surface area contributed by atoms with Gasteiger partial charge in [0.15, 0.2) is 0 Å². The first kappa shape index (κ1) is 12.1. The van der Waals surface area contributed by atoms with Gasteiger partial charge in [-0.1, -0.05) is 0 Å². The second-order valence-electron chi connectivity index (χ2n) is 3.92. The van der Waals surface area contributed by atoms with E-state index in [1.54, 1.807) is 12.4 Å². The predicted molar refractivity (Wildman–Crippen MR) is 65.8 cm³/mol. The Balaban J connectivity index is 1.74. The number of H-pyrrole nitrogens is 2. The van der Waals surface area contributed by atoms with Gasteiger partial charge >= 0.3 is 0 Å². The number of hydrogen-bond donors (Lipinski definition) is 3. The summed E-state index contributed by atoms with van der Waals surface area (Å²) >= 11 is 0. The summed E-state index contributed by atoms with van der Waals surface area (Å²) in [6, 6.07) is 5.19. The summed E-state index contributed by atoms with van der Waals surface area (Å²) in [7, 11) is 0. The number of amides is 1. The summed E-state index contributed by atoms with van der Waals surface area (Å²) in [5, 5.41) is 7.82. The van der Waals surface area contributed by atoms with Crippen LogP contribution in [0.2, 0.25) is 0 Å². The maximum Gasteiger partial charge on any atom is 0.264 e. The molecule has 0 spiro atoms. The van der Waals surface area contributed by atoms with Crippen LogP contribution in [0.1, 0.15) is 17.7 Å². The molecule has 18 heavy (non-hydrogen) atoms. The van der Waals surface area contributed by atoms with Crippen molar-refractivity contribution in [2.45, 2.75) is 19.4 Å². The molecule has 0 saturated carbocycles. The molecule has 0 radical (unpaired) electrons. The number of nitrogens with one attached hydrogen (secondary N) is 3. The van der Waals surface area contributed by atoms with Crippen LogP contribution in [-0.2, 0) is 17.8 Å². The fourth-order valence-electron chi connectivity index (χ4n) is 1.56. The van der Waals surface area contributed by atoms with Crippen LogP contribution in [0.25, 0.3) is 0 Å². The highest BCUT2D eigenvalue weighted by Crippen LogP contribution is 2.00. The molecule has 0 bridgehead atoms. The zero-order valence-corrected chi connectivity index (χ0v) is 9.77. The van der Waals surface area contributed by atoms with Gasteiger partial charge in [0.25, 0.3) is 5.56 Å². The molecule has 2 aromatic heterocycles. The molecule has 6 heteroatoms. The van der Waals surface area contributed by atoms with E-state index in [-0.39, 0.29) is 11.5 Å². The van der Waals surface area contributed by atoms with E-state index in [1.807, 2.05) is 12.1 Å². The van der Waals surface area contributed by atoms with Crippen molar-refractivity contribution < 1.29 is 4.79 Å². The largest absolute Gasteiger partial charge is 0.350 e. The van der Waals surface area contributed by atoms with E-state index < -0.39 is 0 Å². The fraction of sp³-hybridized carbons (Fsp3) is 0.250. The topological polar surface area (TPSA) is 90.6 Å². The predicted octanol–water partition coefficient (Wildman–Crippen LogP) is 0.347. The van der Waals surface area contributed by atoms with Crippen LogP contribution in [-0.4, -0.2) is 21.1 Å². The molecule has 0 saturated heterocycles. The van der Waals surface area contributed by atoms with Crippen LogP contribution in [0, 0.1) is 0 Å². The number of aromatic amines is 2. The first-order valence-corrected chi connectivity index (χ1v) is 5.66. The van der Waals surface area contributed by atoms with Crippen LogP contribution in [0.5, 0.6) is 0 Å². The van der Waals surface area contributed by atoms with Gasteiger partial charge in [0.1, 0.15) is 0 Å². The lowest BCUT2D eigenvalue weighted by molar-refractivity contribution is -0.121. The van der Waals surface area contributed by atoms with Crippen molar-refractivity contribution in [3.05, 3.63) is 52.2 Å². The third-order valence-electron chi connectivity index (χ3n) is 2.52. The maximum absolute atomic E-state index is 11.6. The van der Waals surface area contributed by atoms with Crippen molar-refractivity contribution in [1.29, 1.82) is 0 Å². The summed E-state index contributed by atoms with van der Waals surface area (Å²) < 4.78 is 0. The van der Waals surface area contributed by atoms with Crippen molar-refractivity contribution in [1.82, 2.24) is 20.5 Å². The molecule has 0 fully saturated rings. The molecule has 2 heterocycles. The summed E-state index contributed by atoms with van der Waals surface area (Å²) in [5.74, 6) is -0.0474. The summed E-state index contributed by atoms with van der Waals surface area (Å²) in [6.45, 7) is 0.327. The highest BCUT2D eigenvalue weighted by atomic mass is 16.1. The van der Waals surface area contributed by atoms with Crippen LogP contribution in [0.3, 0.4) is 0 Å². The quantitative estimate of drug-likeness (QED) is 0.710. The third-order valence-corrected chi connectivity index (χ3v) is 2.52. The lowest BCUT2D eigenvalue weighted by atomic mass is 10.1. The SMILES string of the molecule is O=C(CCc1ccncc1)NCc1cc(=O)[nH][nH]1. The monoisotopic (exact) mass is 246 g/mol. The zero-order valence-electron chi connectivity index (χ0n) is 9.77. The molecule has 0 atom stereocenters. The highest BCUT2D eigenvalue weighted by molar-refractivity contribution is 5.76. The number of carbonyl (C=O) groups is 1. The van der Waals surface area contributed by atoms with Crippen LogP contribution >= 0.6 is 0 Å². The zero-order chi connectivity index (χ0) is 12.8. The molecule has 3 N–H and O–H groups in total. The number of nitrogens with zero attached hydrogens (tertiary/aromatic N) is 1. The average Bonchev–Trinajstić information content (AvgIpc) is 2.81. The molecule has 0 aliphatic heterocycles. The summed E-state index contributed by atoms with van der Waals surface area (Å²) in [6.07, 6.45) is 4.51. The van der Waals surface area contributed by atoms with Gasteiger partial charge in [0, 0.05) is 24.9 Å². The summed E-state index contributed by atoms with van der Waals surface area (Å²) in [4.78, 5) is 26.3. The van der Waals surface area contributed by atoms with E-state index in [0.29, 0.717) is 25.1 Å². The Morgan fingerprint density at radius 3 is 2.72 bits per heavy atom. The van der Waals surface area contributed by atoms with E-state index in [4.69, 9.17) is 0 Å². The molecule has 0 aromatic carbocycles. The molecule has 1 amide bonds. The Morgan fingerprint density at radius 1 is 1.28 bits per heavy atom. The molecule has 2 aromatic rings. The van der Waals surface area contributed by atoms with Crippen LogP contribution < -0.4 is 10.9 Å². The summed E-state index contributed by atoms with van der Waals surface area (Å²) in [5.41, 5.74) is 1.54. The third kappa shape index (κ3) is 3.58. The Hall–Kier alpha value is -2.37. The number of rotatable bonds is 5. The molecular weight excluding hydrogens is 232 g/mol. The molecule has 0 aliphatic carbocycles. The maximum atomic E-state index is 11.6. The molecule has 0 unspecified atom stereocenters. The van der Waals surface area contributed by atoms with Gasteiger partial charge in [-0.05, 0) is 24.1 Å². The van der Waals surface area contributed by atoms with Crippen molar-refractivity contribution >= 4 is 5.91 Å². The number of pyridine rings is 1. The van der Waals surface area contributed by atoms with Gasteiger partial charge in [-0.2, -0.15) is 0 Å². The lowest BCUT2D eigenvalue weighted by Gasteiger charge is -2.03. The van der Waals surface area contributed by atoms with Gasteiger partial charge in [-0.15, -0.1) is 0 Å². The van der Waals surface area contributed by atoms with Crippen LogP contribution in [0.4, 0.5) is 0 Å². The minimum Gasteiger partial charge on any atom is -0.350 e. The minimum absolute atomic E-state index is 0.0474. The van der Waals surface area contributed by atoms with E-state index in [0.717, 1.165) is 5.56 Å². The normalized spacial score (nSPS) is 10.2. The van der Waals surface area contributed by atoms with Crippen molar-refractivity contribution in [2.75, 3.05) is 0 Å². The van der Waals surface area contributed by atoms with Gasteiger partial charge in [0.05, 0.1) is 12.2 Å². The number of hydrogen-bond acceptors (Lipinski definition) is 3. The highest BCUT2D eigenvalue weighted by Gasteiger charge is 2.03. The van der Waals surface area contributed by atoms with E-state index >= 15 is 0 Å². The van der Waals surface area contributed by atoms with Crippen molar-refractivity contribution in [3.63, 3.8) is 0 Å². The van der Waals surface area contributed by atoms with Gasteiger partial charge < -0.3 is 10.4 Å². The van der Waals surface area contributed by atoms with Gasteiger partial charge in [-0.3, -0.25) is 19.7 Å². The van der Waals surface area contributed by atoms with Gasteiger partial charge in [-0.25, -0.2) is 0 Å². The first-order chi connectivity index (χ1) is 8.74. The molecular formula is C12H14N4O2. The smallest absolute Gasteiger partial charge is 0.264 e. The Kier molecular flexibility index (Phi) is 3.90. The molecule has 6 nitrogen and oxygen atoms in total. The second-order valence-corrected chi connectivity index (χ2v) is 3.92. The lowest BCUT2D eigenvalue weighted by Crippen LogP contribution is -2.23. The number of carbonyl (C=O) groups excluding carboxylic acids is 1.